The molecule has 2 heteroatoms. The highest BCUT2D eigenvalue weighted by atomic mass is 15.3. The van der Waals surface area contributed by atoms with E-state index in [9.17, 15) is 0 Å². The van der Waals surface area contributed by atoms with Crippen LogP contribution in [0.4, 0.5) is 11.4 Å². The van der Waals surface area contributed by atoms with Gasteiger partial charge in [-0.2, -0.15) is 0 Å². The third-order valence-corrected chi connectivity index (χ3v) is 5.60. The highest BCUT2D eigenvalue weighted by Crippen LogP contribution is 2.36. The summed E-state index contributed by atoms with van der Waals surface area (Å²) in [6, 6.07) is 19.9. The first-order valence-corrected chi connectivity index (χ1v) is 10.1. The molecule has 142 valence electrons. The van der Waals surface area contributed by atoms with E-state index in [0.29, 0.717) is 0 Å². The van der Waals surface area contributed by atoms with Crippen LogP contribution in [0.2, 0.25) is 0 Å². The summed E-state index contributed by atoms with van der Waals surface area (Å²) in [5.74, 6) is 0. The first-order valence-electron chi connectivity index (χ1n) is 10.1. The van der Waals surface area contributed by atoms with Crippen molar-refractivity contribution in [3.8, 4) is 11.1 Å². The van der Waals surface area contributed by atoms with Crippen molar-refractivity contribution in [1.29, 1.82) is 0 Å². The van der Waals surface area contributed by atoms with Gasteiger partial charge in [0.2, 0.25) is 6.34 Å². The SMILES string of the molecule is Cc1cc(C)c([N+]2=CN(c3c(C)cc(C)cc3-c3ccccc3)CC2)c(C)c1. The molecule has 0 unspecified atom stereocenters. The van der Waals surface area contributed by atoms with Crippen molar-refractivity contribution in [3.63, 3.8) is 0 Å². The van der Waals surface area contributed by atoms with E-state index in [0.717, 1.165) is 13.1 Å². The van der Waals surface area contributed by atoms with E-state index in [4.69, 9.17) is 0 Å². The van der Waals surface area contributed by atoms with Crippen LogP contribution in [0.3, 0.4) is 0 Å². The Bertz CT molecular complexity index is 1040. The molecule has 0 aromatic heterocycles. The van der Waals surface area contributed by atoms with Crippen LogP contribution in [0.15, 0.2) is 54.6 Å². The summed E-state index contributed by atoms with van der Waals surface area (Å²) in [7, 11) is 0. The van der Waals surface area contributed by atoms with E-state index in [2.05, 4.69) is 105 Å². The highest BCUT2D eigenvalue weighted by molar-refractivity contribution is 5.90. The summed E-state index contributed by atoms with van der Waals surface area (Å²) < 4.78 is 2.41. The molecule has 0 aliphatic carbocycles. The zero-order chi connectivity index (χ0) is 19.8. The predicted octanol–water partition coefficient (Wildman–Crippen LogP) is 6.09. The van der Waals surface area contributed by atoms with Crippen molar-refractivity contribution < 1.29 is 4.58 Å². The minimum atomic E-state index is 0.997. The van der Waals surface area contributed by atoms with Crippen molar-refractivity contribution in [1.82, 2.24) is 0 Å². The van der Waals surface area contributed by atoms with Crippen LogP contribution in [0.25, 0.3) is 11.1 Å². The molecule has 28 heavy (non-hydrogen) atoms. The Hall–Kier alpha value is -2.87. The van der Waals surface area contributed by atoms with Gasteiger partial charge < -0.3 is 0 Å². The van der Waals surface area contributed by atoms with E-state index in [1.54, 1.807) is 0 Å². The maximum atomic E-state index is 2.43. The standard InChI is InChI=1S/C26H29N2/c1-18-13-20(3)25(21(4)14-18)27-11-12-28(17-27)26-22(5)15-19(2)16-24(26)23-9-7-6-8-10-23/h6-10,13-17H,11-12H2,1-5H3/q+1. The average molecular weight is 370 g/mol. The summed E-state index contributed by atoms with van der Waals surface area (Å²) in [4.78, 5) is 2.43. The number of anilines is 1. The van der Waals surface area contributed by atoms with Gasteiger partial charge in [-0.1, -0.05) is 54.1 Å². The van der Waals surface area contributed by atoms with Gasteiger partial charge in [-0.05, 0) is 68.5 Å². The Kier molecular flexibility index (Phi) is 4.80. The number of nitrogens with zero attached hydrogens (tertiary/aromatic N) is 2. The maximum absolute atomic E-state index is 2.43. The van der Waals surface area contributed by atoms with E-state index in [1.807, 2.05) is 0 Å². The fourth-order valence-electron chi connectivity index (χ4n) is 4.64. The molecule has 1 heterocycles. The van der Waals surface area contributed by atoms with Gasteiger partial charge >= 0.3 is 0 Å². The van der Waals surface area contributed by atoms with Gasteiger partial charge in [-0.15, -0.1) is 0 Å². The lowest BCUT2D eigenvalue weighted by molar-refractivity contribution is -0.425. The Morgan fingerprint density at radius 3 is 2.04 bits per heavy atom. The lowest BCUT2D eigenvalue weighted by Crippen LogP contribution is -2.20. The van der Waals surface area contributed by atoms with Gasteiger partial charge in [0.05, 0.1) is 0 Å². The monoisotopic (exact) mass is 369 g/mol. The van der Waals surface area contributed by atoms with Crippen molar-refractivity contribution >= 4 is 17.7 Å². The lowest BCUT2D eigenvalue weighted by Gasteiger charge is -2.16. The van der Waals surface area contributed by atoms with Gasteiger partial charge in [0.1, 0.15) is 24.5 Å². The van der Waals surface area contributed by atoms with Gasteiger partial charge in [-0.25, -0.2) is 9.48 Å². The molecule has 2 nitrogen and oxygen atoms in total. The van der Waals surface area contributed by atoms with Gasteiger partial charge in [0, 0.05) is 5.56 Å². The fourth-order valence-corrected chi connectivity index (χ4v) is 4.64. The second-order valence-electron chi connectivity index (χ2n) is 8.09. The molecule has 3 aromatic carbocycles. The molecular weight excluding hydrogens is 340 g/mol. The molecular formula is C26H29N2+. The van der Waals surface area contributed by atoms with Gasteiger partial charge in [0.15, 0.2) is 0 Å². The Balaban J connectivity index is 1.82. The Morgan fingerprint density at radius 1 is 0.750 bits per heavy atom. The molecule has 1 aliphatic heterocycles. The van der Waals surface area contributed by atoms with Crippen molar-refractivity contribution in [2.24, 2.45) is 0 Å². The summed E-state index contributed by atoms with van der Waals surface area (Å²) in [5, 5.41) is 0. The van der Waals surface area contributed by atoms with Crippen LogP contribution < -0.4 is 4.90 Å². The third-order valence-electron chi connectivity index (χ3n) is 5.60. The summed E-state index contributed by atoms with van der Waals surface area (Å²) >= 11 is 0. The predicted molar refractivity (Wildman–Crippen MR) is 120 cm³/mol. The third kappa shape index (κ3) is 3.35. The number of rotatable bonds is 3. The lowest BCUT2D eigenvalue weighted by atomic mass is 9.97. The number of hydrogen-bond acceptors (Lipinski definition) is 1. The minimum Gasteiger partial charge on any atom is -0.229 e. The van der Waals surface area contributed by atoms with Gasteiger partial charge in [0.25, 0.3) is 0 Å². The molecule has 0 amide bonds. The number of hydrogen-bond donors (Lipinski definition) is 0. The second kappa shape index (κ2) is 7.27. The molecule has 0 bridgehead atoms. The quantitative estimate of drug-likeness (QED) is 0.507. The molecule has 4 rings (SSSR count). The molecule has 0 fully saturated rings. The summed E-state index contributed by atoms with van der Waals surface area (Å²) in [5.41, 5.74) is 11.9. The van der Waals surface area contributed by atoms with E-state index >= 15 is 0 Å². The molecule has 0 spiro atoms. The van der Waals surface area contributed by atoms with Crippen molar-refractivity contribution in [3.05, 3.63) is 82.4 Å². The molecule has 0 saturated heterocycles. The van der Waals surface area contributed by atoms with E-state index < -0.39 is 0 Å². The number of aryl methyl sites for hydroxylation is 5. The Labute approximate surface area is 168 Å². The second-order valence-corrected chi connectivity index (χ2v) is 8.09. The van der Waals surface area contributed by atoms with Crippen LogP contribution >= 0.6 is 0 Å². The molecule has 0 saturated carbocycles. The normalized spacial score (nSPS) is 13.8. The van der Waals surface area contributed by atoms with Crippen LogP contribution in [0.1, 0.15) is 27.8 Å². The van der Waals surface area contributed by atoms with Crippen molar-refractivity contribution in [2.45, 2.75) is 34.6 Å². The maximum Gasteiger partial charge on any atom is 0.244 e. The van der Waals surface area contributed by atoms with Gasteiger partial charge in [-0.3, -0.25) is 0 Å². The van der Waals surface area contributed by atoms with Crippen LogP contribution in [-0.4, -0.2) is 24.0 Å². The van der Waals surface area contributed by atoms with Crippen molar-refractivity contribution in [2.75, 3.05) is 18.0 Å². The fraction of sp³-hybridized carbons (Fsp3) is 0.269. The zero-order valence-corrected chi connectivity index (χ0v) is 17.6. The smallest absolute Gasteiger partial charge is 0.229 e. The molecule has 3 aromatic rings. The first kappa shape index (κ1) is 18.5. The average Bonchev–Trinajstić information content (AvgIpc) is 3.10. The molecule has 0 N–H and O–H groups in total. The highest BCUT2D eigenvalue weighted by Gasteiger charge is 2.28. The molecule has 1 aliphatic rings. The Morgan fingerprint density at radius 2 is 1.36 bits per heavy atom. The largest absolute Gasteiger partial charge is 0.244 e. The van der Waals surface area contributed by atoms with Crippen LogP contribution in [0.5, 0.6) is 0 Å². The van der Waals surface area contributed by atoms with E-state index in [1.165, 1.54) is 50.3 Å². The topological polar surface area (TPSA) is 6.25 Å². The molecule has 0 radical (unpaired) electrons. The van der Waals surface area contributed by atoms with E-state index in [-0.39, 0.29) is 0 Å². The van der Waals surface area contributed by atoms with Crippen LogP contribution in [-0.2, 0) is 0 Å². The number of benzene rings is 3. The summed E-state index contributed by atoms with van der Waals surface area (Å²) in [6.07, 6.45) is 2.30. The first-order chi connectivity index (χ1) is 13.4. The zero-order valence-electron chi connectivity index (χ0n) is 17.6. The minimum absolute atomic E-state index is 0.997. The summed E-state index contributed by atoms with van der Waals surface area (Å²) in [6.45, 7) is 13.0. The molecule has 0 atom stereocenters. The van der Waals surface area contributed by atoms with Crippen LogP contribution in [0, 0.1) is 34.6 Å².